The van der Waals surface area contributed by atoms with E-state index in [0.29, 0.717) is 11.3 Å². The minimum absolute atomic E-state index is 0.319. The maximum absolute atomic E-state index is 12.9. The Labute approximate surface area is 136 Å². The molecule has 0 unspecified atom stereocenters. The van der Waals surface area contributed by atoms with Crippen LogP contribution in [-0.4, -0.2) is 4.98 Å². The molecule has 0 aliphatic rings. The van der Waals surface area contributed by atoms with Gasteiger partial charge in [-0.1, -0.05) is 48.5 Å². The number of hydrogen-bond donors (Lipinski definition) is 0. The van der Waals surface area contributed by atoms with E-state index in [1.54, 1.807) is 6.07 Å². The molecule has 4 rings (SSSR count). The Morgan fingerprint density at radius 2 is 1.42 bits per heavy atom. The zero-order valence-electron chi connectivity index (χ0n) is 12.5. The summed E-state index contributed by atoms with van der Waals surface area (Å²) in [4.78, 5) is 4.11. The van der Waals surface area contributed by atoms with Gasteiger partial charge in [-0.15, -0.1) is 0 Å². The van der Waals surface area contributed by atoms with E-state index < -0.39 is 11.7 Å². The van der Waals surface area contributed by atoms with E-state index in [2.05, 4.69) is 4.98 Å². The van der Waals surface area contributed by atoms with E-state index in [1.807, 2.05) is 48.5 Å². The maximum atomic E-state index is 12.9. The molecular weight excluding hydrogens is 311 g/mol. The second-order valence-corrected chi connectivity index (χ2v) is 5.65. The molecule has 0 N–H and O–H groups in total. The normalized spacial score (nSPS) is 12.0. The Morgan fingerprint density at radius 1 is 0.708 bits per heavy atom. The van der Waals surface area contributed by atoms with Crippen molar-refractivity contribution in [3.63, 3.8) is 0 Å². The lowest BCUT2D eigenvalue weighted by Gasteiger charge is -2.10. The summed E-state index contributed by atoms with van der Waals surface area (Å²) in [5, 5.41) is 4.22. The summed E-state index contributed by atoms with van der Waals surface area (Å²) in [5.41, 5.74) is 0.301. The molecule has 0 fully saturated rings. The van der Waals surface area contributed by atoms with Gasteiger partial charge >= 0.3 is 6.18 Å². The third kappa shape index (κ3) is 2.50. The monoisotopic (exact) mass is 323 g/mol. The summed E-state index contributed by atoms with van der Waals surface area (Å²) in [6.07, 6.45) is -3.17. The first kappa shape index (κ1) is 14.7. The zero-order valence-corrected chi connectivity index (χ0v) is 12.5. The predicted molar refractivity (Wildman–Crippen MR) is 89.7 cm³/mol. The summed E-state index contributed by atoms with van der Waals surface area (Å²) in [5.74, 6) is 0. The molecule has 0 saturated carbocycles. The first-order valence-corrected chi connectivity index (χ1v) is 7.47. The topological polar surface area (TPSA) is 12.9 Å². The third-order valence-corrected chi connectivity index (χ3v) is 4.13. The number of nitrogens with zero attached hydrogens (tertiary/aromatic N) is 1. The van der Waals surface area contributed by atoms with Crippen LogP contribution in [0.25, 0.3) is 32.8 Å². The summed E-state index contributed by atoms with van der Waals surface area (Å²) in [6, 6.07) is 19.7. The zero-order chi connectivity index (χ0) is 16.7. The molecule has 0 bridgehead atoms. The van der Waals surface area contributed by atoms with Crippen LogP contribution in [0.5, 0.6) is 0 Å². The molecule has 0 aliphatic carbocycles. The molecule has 24 heavy (non-hydrogen) atoms. The number of hydrogen-bond acceptors (Lipinski definition) is 1. The molecule has 0 amide bonds. The van der Waals surface area contributed by atoms with E-state index in [1.165, 1.54) is 6.20 Å². The van der Waals surface area contributed by atoms with E-state index >= 15 is 0 Å². The molecule has 118 valence electrons. The second kappa shape index (κ2) is 5.34. The smallest absolute Gasteiger partial charge is 0.256 e. The van der Waals surface area contributed by atoms with Gasteiger partial charge in [-0.05, 0) is 39.7 Å². The Balaban J connectivity index is 1.93. The number of benzene rings is 3. The second-order valence-electron chi connectivity index (χ2n) is 5.65. The van der Waals surface area contributed by atoms with Crippen LogP contribution in [0.15, 0.2) is 72.9 Å². The van der Waals surface area contributed by atoms with Gasteiger partial charge in [0, 0.05) is 11.8 Å². The van der Waals surface area contributed by atoms with Crippen LogP contribution in [0.4, 0.5) is 13.2 Å². The minimum Gasteiger partial charge on any atom is -0.256 e. The van der Waals surface area contributed by atoms with Crippen molar-refractivity contribution >= 4 is 21.5 Å². The van der Waals surface area contributed by atoms with Gasteiger partial charge in [-0.2, -0.15) is 13.2 Å². The van der Waals surface area contributed by atoms with Crippen LogP contribution >= 0.6 is 0 Å². The molecule has 0 spiro atoms. The fourth-order valence-electron chi connectivity index (χ4n) is 2.93. The molecule has 1 aromatic heterocycles. The highest BCUT2D eigenvalue weighted by atomic mass is 19.4. The molecule has 1 heterocycles. The van der Waals surface area contributed by atoms with Gasteiger partial charge < -0.3 is 0 Å². The molecular formula is C20H12F3N. The van der Waals surface area contributed by atoms with Crippen LogP contribution < -0.4 is 0 Å². The Hall–Kier alpha value is -2.88. The number of fused-ring (bicyclic) bond motifs is 3. The lowest BCUT2D eigenvalue weighted by atomic mass is 9.98. The molecule has 1 nitrogen and oxygen atoms in total. The minimum atomic E-state index is -4.37. The van der Waals surface area contributed by atoms with Gasteiger partial charge in [-0.25, -0.2) is 0 Å². The third-order valence-electron chi connectivity index (χ3n) is 4.13. The van der Waals surface area contributed by atoms with E-state index in [4.69, 9.17) is 0 Å². The van der Waals surface area contributed by atoms with Gasteiger partial charge in [-0.3, -0.25) is 4.98 Å². The maximum Gasteiger partial charge on any atom is 0.416 e. The van der Waals surface area contributed by atoms with Crippen molar-refractivity contribution in [1.29, 1.82) is 0 Å². The summed E-state index contributed by atoms with van der Waals surface area (Å²) >= 11 is 0. The van der Waals surface area contributed by atoms with Gasteiger partial charge in [0.2, 0.25) is 0 Å². The van der Waals surface area contributed by atoms with E-state index in [9.17, 15) is 13.2 Å². The summed E-state index contributed by atoms with van der Waals surface area (Å²) in [7, 11) is 0. The number of aromatic nitrogens is 1. The molecule has 0 radical (unpaired) electrons. The molecule has 0 saturated heterocycles. The van der Waals surface area contributed by atoms with Gasteiger partial charge in [0.15, 0.2) is 0 Å². The fraction of sp³-hybridized carbons (Fsp3) is 0.0500. The largest absolute Gasteiger partial charge is 0.416 e. The van der Waals surface area contributed by atoms with Crippen molar-refractivity contribution in [3.8, 4) is 11.3 Å². The first-order valence-electron chi connectivity index (χ1n) is 7.47. The fourth-order valence-corrected chi connectivity index (χ4v) is 2.93. The summed E-state index contributed by atoms with van der Waals surface area (Å²) < 4.78 is 38.8. The molecule has 4 aromatic rings. The molecule has 0 aliphatic heterocycles. The van der Waals surface area contributed by atoms with Crippen LogP contribution in [0, 0.1) is 0 Å². The number of pyridine rings is 1. The molecule has 3 aromatic carbocycles. The lowest BCUT2D eigenvalue weighted by Crippen LogP contribution is -2.05. The van der Waals surface area contributed by atoms with E-state index in [-0.39, 0.29) is 0 Å². The lowest BCUT2D eigenvalue weighted by molar-refractivity contribution is -0.137. The SMILES string of the molecule is FC(F)(F)c1ccnc(-c2ccc3ccc4ccccc4c3c2)c1. The Kier molecular flexibility index (Phi) is 3.27. The average Bonchev–Trinajstić information content (AvgIpc) is 2.60. The van der Waals surface area contributed by atoms with E-state index in [0.717, 1.165) is 33.7 Å². The number of rotatable bonds is 1. The van der Waals surface area contributed by atoms with Crippen molar-refractivity contribution in [2.24, 2.45) is 0 Å². The highest BCUT2D eigenvalue weighted by Crippen LogP contribution is 2.33. The van der Waals surface area contributed by atoms with Crippen molar-refractivity contribution in [2.75, 3.05) is 0 Å². The average molecular weight is 323 g/mol. The van der Waals surface area contributed by atoms with Gasteiger partial charge in [0.25, 0.3) is 0 Å². The summed E-state index contributed by atoms with van der Waals surface area (Å²) in [6.45, 7) is 0. The Bertz CT molecular complexity index is 1050. The highest BCUT2D eigenvalue weighted by molar-refractivity contribution is 6.08. The van der Waals surface area contributed by atoms with Gasteiger partial charge in [0.1, 0.15) is 0 Å². The van der Waals surface area contributed by atoms with Crippen LogP contribution in [0.1, 0.15) is 5.56 Å². The van der Waals surface area contributed by atoms with Crippen molar-refractivity contribution < 1.29 is 13.2 Å². The highest BCUT2D eigenvalue weighted by Gasteiger charge is 2.30. The number of alkyl halides is 3. The van der Waals surface area contributed by atoms with Crippen molar-refractivity contribution in [1.82, 2.24) is 4.98 Å². The number of halogens is 3. The van der Waals surface area contributed by atoms with Crippen LogP contribution in [0.2, 0.25) is 0 Å². The van der Waals surface area contributed by atoms with Crippen LogP contribution in [-0.2, 0) is 6.18 Å². The quantitative estimate of drug-likeness (QED) is 0.387. The van der Waals surface area contributed by atoms with Crippen LogP contribution in [0.3, 0.4) is 0 Å². The first-order chi connectivity index (χ1) is 11.5. The Morgan fingerprint density at radius 3 is 2.21 bits per heavy atom. The van der Waals surface area contributed by atoms with Crippen molar-refractivity contribution in [3.05, 3.63) is 78.5 Å². The predicted octanol–water partition coefficient (Wildman–Crippen LogP) is 6.07. The van der Waals surface area contributed by atoms with Gasteiger partial charge in [0.05, 0.1) is 11.3 Å². The standard InChI is InChI=1S/C20H12F3N/c21-20(22,23)16-9-10-24-19(12-16)15-8-7-14-6-5-13-3-1-2-4-17(13)18(14)11-15/h1-12H. The van der Waals surface area contributed by atoms with Crippen molar-refractivity contribution in [2.45, 2.75) is 6.18 Å². The molecule has 4 heteroatoms. The molecule has 0 atom stereocenters.